The summed E-state index contributed by atoms with van der Waals surface area (Å²) < 4.78 is 0. The monoisotopic (exact) mass is 260 g/mol. The molecule has 0 heterocycles. The number of aliphatic hydroxyl groups excluding tert-OH is 1. The van der Waals surface area contributed by atoms with E-state index >= 15 is 0 Å². The second kappa shape index (κ2) is 6.26. The van der Waals surface area contributed by atoms with Crippen LogP contribution in [0, 0.1) is 18.8 Å². The van der Waals surface area contributed by atoms with Crippen molar-refractivity contribution >= 4 is 11.7 Å². The minimum absolute atomic E-state index is 0.179. The quantitative estimate of drug-likeness (QED) is 0.678. The first-order chi connectivity index (χ1) is 8.81. The van der Waals surface area contributed by atoms with Crippen molar-refractivity contribution in [2.24, 2.45) is 0 Å². The largest absolute Gasteiger partial charge is 0.384 e. The minimum atomic E-state index is -0.283. The number of aryl methyl sites for hydroxylation is 1. The zero-order valence-electron chi connectivity index (χ0n) is 11.8. The number of benzene rings is 1. The van der Waals surface area contributed by atoms with Crippen LogP contribution in [0.1, 0.15) is 31.9 Å². The number of urea groups is 1. The zero-order chi connectivity index (χ0) is 14.5. The maximum atomic E-state index is 11.7. The number of amides is 2. The average molecular weight is 260 g/mol. The Morgan fingerprint density at radius 1 is 1.37 bits per heavy atom. The Morgan fingerprint density at radius 3 is 2.63 bits per heavy atom. The normalized spacial score (nSPS) is 10.4. The van der Waals surface area contributed by atoms with E-state index in [2.05, 4.69) is 22.5 Å². The van der Waals surface area contributed by atoms with Crippen LogP contribution in [0.15, 0.2) is 18.2 Å². The van der Waals surface area contributed by atoms with Gasteiger partial charge >= 0.3 is 6.03 Å². The summed E-state index contributed by atoms with van der Waals surface area (Å²) in [5, 5.41) is 14.3. The zero-order valence-corrected chi connectivity index (χ0v) is 11.8. The van der Waals surface area contributed by atoms with Crippen molar-refractivity contribution in [2.75, 3.05) is 11.9 Å². The Morgan fingerprint density at radius 2 is 2.05 bits per heavy atom. The Kier molecular flexibility index (Phi) is 4.96. The fourth-order valence-electron chi connectivity index (χ4n) is 1.47. The molecule has 0 saturated heterocycles. The molecule has 0 aliphatic rings. The number of rotatable bonds is 1. The van der Waals surface area contributed by atoms with Crippen LogP contribution >= 0.6 is 0 Å². The van der Waals surface area contributed by atoms with Gasteiger partial charge in [0.15, 0.2) is 0 Å². The Bertz CT molecular complexity index is 519. The topological polar surface area (TPSA) is 61.4 Å². The molecule has 2 amide bonds. The summed E-state index contributed by atoms with van der Waals surface area (Å²) >= 11 is 0. The Balaban J connectivity index is 2.83. The summed E-state index contributed by atoms with van der Waals surface area (Å²) in [6.45, 7) is 7.50. The van der Waals surface area contributed by atoms with Crippen molar-refractivity contribution in [2.45, 2.75) is 33.2 Å². The average Bonchev–Trinajstić information content (AvgIpc) is 2.27. The standard InChI is InChI=1S/C15H20N2O2/c1-11-7-8-13(10-12(11)6-5-9-18)16-14(19)17-15(2,3)4/h7-8,10,18H,9H2,1-4H3,(H2,16,17,19). The molecule has 1 rings (SSSR count). The summed E-state index contributed by atoms with van der Waals surface area (Å²) in [5.74, 6) is 5.45. The summed E-state index contributed by atoms with van der Waals surface area (Å²) in [7, 11) is 0. The molecule has 0 aliphatic carbocycles. The van der Waals surface area contributed by atoms with E-state index < -0.39 is 0 Å². The van der Waals surface area contributed by atoms with Gasteiger partial charge in [-0.05, 0) is 45.4 Å². The number of hydrogen-bond acceptors (Lipinski definition) is 2. The highest BCUT2D eigenvalue weighted by atomic mass is 16.2. The first-order valence-electron chi connectivity index (χ1n) is 6.11. The van der Waals surface area contributed by atoms with Gasteiger partial charge in [0.25, 0.3) is 0 Å². The van der Waals surface area contributed by atoms with Gasteiger partial charge in [-0.3, -0.25) is 0 Å². The molecule has 0 spiro atoms. The third-order valence-corrected chi connectivity index (χ3v) is 2.29. The van der Waals surface area contributed by atoms with Crippen LogP contribution < -0.4 is 10.6 Å². The first kappa shape index (κ1) is 15.1. The van der Waals surface area contributed by atoms with Crippen molar-refractivity contribution in [1.29, 1.82) is 0 Å². The third-order valence-electron chi connectivity index (χ3n) is 2.29. The molecule has 3 N–H and O–H groups in total. The van der Waals surface area contributed by atoms with Crippen molar-refractivity contribution in [3.05, 3.63) is 29.3 Å². The van der Waals surface area contributed by atoms with Gasteiger partial charge in [-0.2, -0.15) is 0 Å². The Hall–Kier alpha value is -1.99. The highest BCUT2D eigenvalue weighted by Crippen LogP contribution is 2.14. The Labute approximate surface area is 114 Å². The van der Waals surface area contributed by atoms with Crippen molar-refractivity contribution < 1.29 is 9.90 Å². The highest BCUT2D eigenvalue weighted by molar-refractivity contribution is 5.90. The molecule has 0 aromatic heterocycles. The van der Waals surface area contributed by atoms with Gasteiger partial charge in [0, 0.05) is 16.8 Å². The van der Waals surface area contributed by atoms with Crippen LogP contribution in [0.5, 0.6) is 0 Å². The lowest BCUT2D eigenvalue weighted by Crippen LogP contribution is -2.43. The van der Waals surface area contributed by atoms with Gasteiger partial charge < -0.3 is 15.7 Å². The molecular weight excluding hydrogens is 240 g/mol. The van der Waals surface area contributed by atoms with Crippen LogP contribution in [0.25, 0.3) is 0 Å². The van der Waals surface area contributed by atoms with E-state index in [0.717, 1.165) is 11.1 Å². The maximum Gasteiger partial charge on any atom is 0.319 e. The highest BCUT2D eigenvalue weighted by Gasteiger charge is 2.13. The molecule has 4 heteroatoms. The van der Waals surface area contributed by atoms with Crippen LogP contribution in [0.2, 0.25) is 0 Å². The minimum Gasteiger partial charge on any atom is -0.384 e. The van der Waals surface area contributed by atoms with E-state index in [0.29, 0.717) is 5.69 Å². The van der Waals surface area contributed by atoms with Gasteiger partial charge in [-0.15, -0.1) is 0 Å². The molecule has 0 bridgehead atoms. The van der Waals surface area contributed by atoms with E-state index in [1.807, 2.05) is 39.8 Å². The van der Waals surface area contributed by atoms with E-state index in [9.17, 15) is 4.79 Å². The molecule has 0 saturated carbocycles. The number of aliphatic hydroxyl groups is 1. The predicted octanol–water partition coefficient (Wildman–Crippen LogP) is 2.26. The SMILES string of the molecule is Cc1ccc(NC(=O)NC(C)(C)C)cc1C#CCO. The van der Waals surface area contributed by atoms with Gasteiger partial charge in [0.2, 0.25) is 0 Å². The van der Waals surface area contributed by atoms with Crippen molar-refractivity contribution in [3.63, 3.8) is 0 Å². The van der Waals surface area contributed by atoms with Gasteiger partial charge in [0.1, 0.15) is 6.61 Å². The number of nitrogens with one attached hydrogen (secondary N) is 2. The predicted molar refractivity (Wildman–Crippen MR) is 77.1 cm³/mol. The smallest absolute Gasteiger partial charge is 0.319 e. The summed E-state index contributed by atoms with van der Waals surface area (Å²) in [6, 6.07) is 5.24. The molecule has 1 aromatic rings. The molecular formula is C15H20N2O2. The van der Waals surface area contributed by atoms with Gasteiger partial charge in [0.05, 0.1) is 0 Å². The second-order valence-electron chi connectivity index (χ2n) is 5.32. The maximum absolute atomic E-state index is 11.7. The summed E-state index contributed by atoms with van der Waals surface area (Å²) in [5.41, 5.74) is 2.19. The summed E-state index contributed by atoms with van der Waals surface area (Å²) in [6.07, 6.45) is 0. The molecule has 0 fully saturated rings. The fourth-order valence-corrected chi connectivity index (χ4v) is 1.47. The molecule has 19 heavy (non-hydrogen) atoms. The molecule has 4 nitrogen and oxygen atoms in total. The lowest BCUT2D eigenvalue weighted by molar-refractivity contribution is 0.244. The second-order valence-corrected chi connectivity index (χ2v) is 5.32. The van der Waals surface area contributed by atoms with E-state index in [1.165, 1.54) is 0 Å². The van der Waals surface area contributed by atoms with E-state index in [1.54, 1.807) is 6.07 Å². The number of anilines is 1. The third kappa shape index (κ3) is 5.45. The first-order valence-corrected chi connectivity index (χ1v) is 6.11. The van der Waals surface area contributed by atoms with Crippen LogP contribution in [-0.2, 0) is 0 Å². The lowest BCUT2D eigenvalue weighted by atomic mass is 10.1. The van der Waals surface area contributed by atoms with Crippen molar-refractivity contribution in [1.82, 2.24) is 5.32 Å². The number of carbonyl (C=O) groups is 1. The van der Waals surface area contributed by atoms with Crippen LogP contribution in [-0.4, -0.2) is 23.3 Å². The summed E-state index contributed by atoms with van der Waals surface area (Å²) in [4.78, 5) is 11.7. The van der Waals surface area contributed by atoms with Crippen LogP contribution in [0.3, 0.4) is 0 Å². The number of carbonyl (C=O) groups excluding carboxylic acids is 1. The molecule has 0 aliphatic heterocycles. The molecule has 1 aromatic carbocycles. The molecule has 0 unspecified atom stereocenters. The molecule has 102 valence electrons. The van der Waals surface area contributed by atoms with Crippen molar-refractivity contribution in [3.8, 4) is 11.8 Å². The van der Waals surface area contributed by atoms with Gasteiger partial charge in [-0.25, -0.2) is 4.79 Å². The van der Waals surface area contributed by atoms with Crippen LogP contribution in [0.4, 0.5) is 10.5 Å². The van der Waals surface area contributed by atoms with E-state index in [4.69, 9.17) is 5.11 Å². The fraction of sp³-hybridized carbons (Fsp3) is 0.400. The molecule has 0 atom stereocenters. The van der Waals surface area contributed by atoms with Gasteiger partial charge in [-0.1, -0.05) is 17.9 Å². The van der Waals surface area contributed by atoms with E-state index in [-0.39, 0.29) is 18.2 Å². The lowest BCUT2D eigenvalue weighted by Gasteiger charge is -2.20. The molecule has 0 radical (unpaired) electrons. The number of hydrogen-bond donors (Lipinski definition) is 3.